The molecule has 1 unspecified atom stereocenters. The average molecular weight is 175 g/mol. The van der Waals surface area contributed by atoms with Gasteiger partial charge in [-0.1, -0.05) is 12.1 Å². The highest BCUT2D eigenvalue weighted by atomic mass is 16.6. The van der Waals surface area contributed by atoms with E-state index in [2.05, 4.69) is 11.4 Å². The van der Waals surface area contributed by atoms with E-state index < -0.39 is 0 Å². The Hall–Kier alpha value is -1.35. The molecular formula is C10H9NO2. The molecule has 3 heteroatoms. The van der Waals surface area contributed by atoms with Crippen molar-refractivity contribution in [1.82, 2.24) is 0 Å². The third-order valence-corrected chi connectivity index (χ3v) is 2.46. The monoisotopic (exact) mass is 175 g/mol. The van der Waals surface area contributed by atoms with Crippen LogP contribution < -0.4 is 5.32 Å². The summed E-state index contributed by atoms with van der Waals surface area (Å²) < 4.78 is 5.18. The van der Waals surface area contributed by atoms with Crippen molar-refractivity contribution in [3.63, 3.8) is 0 Å². The van der Waals surface area contributed by atoms with Gasteiger partial charge in [-0.3, -0.25) is 4.79 Å². The van der Waals surface area contributed by atoms with Gasteiger partial charge < -0.3 is 10.1 Å². The molecule has 1 aromatic carbocycles. The van der Waals surface area contributed by atoms with Crippen LogP contribution in [0.4, 0.5) is 5.69 Å². The quantitative estimate of drug-likeness (QED) is 0.653. The second-order valence-corrected chi connectivity index (χ2v) is 3.46. The molecule has 3 rings (SSSR count). The van der Waals surface area contributed by atoms with Gasteiger partial charge in [-0.05, 0) is 17.2 Å². The number of epoxide rings is 1. The largest absolute Gasteiger partial charge is 0.368 e. The molecule has 0 saturated carbocycles. The maximum atomic E-state index is 11.1. The third-order valence-electron chi connectivity index (χ3n) is 2.46. The molecule has 1 N–H and O–H groups in total. The van der Waals surface area contributed by atoms with Gasteiger partial charge in [-0.2, -0.15) is 0 Å². The molecule has 0 bridgehead atoms. The summed E-state index contributed by atoms with van der Waals surface area (Å²) in [5.74, 6) is 0.0869. The topological polar surface area (TPSA) is 41.6 Å². The van der Waals surface area contributed by atoms with Gasteiger partial charge in [0.25, 0.3) is 0 Å². The Balaban J connectivity index is 2.02. The van der Waals surface area contributed by atoms with Crippen LogP contribution in [0.25, 0.3) is 0 Å². The number of nitrogens with one attached hydrogen (secondary N) is 1. The van der Waals surface area contributed by atoms with Crippen LogP contribution in [-0.2, 0) is 16.0 Å². The molecule has 3 nitrogen and oxygen atoms in total. The normalized spacial score (nSPS) is 24.0. The van der Waals surface area contributed by atoms with Crippen molar-refractivity contribution >= 4 is 11.6 Å². The summed E-state index contributed by atoms with van der Waals surface area (Å²) in [5.41, 5.74) is 3.24. The van der Waals surface area contributed by atoms with Crippen molar-refractivity contribution < 1.29 is 9.53 Å². The summed E-state index contributed by atoms with van der Waals surface area (Å²) in [4.78, 5) is 11.1. The lowest BCUT2D eigenvalue weighted by Crippen LogP contribution is -2.03. The predicted octanol–water partition coefficient (Wildman–Crippen LogP) is 1.25. The maximum Gasteiger partial charge on any atom is 0.228 e. The Labute approximate surface area is 75.7 Å². The molecule has 0 aliphatic carbocycles. The van der Waals surface area contributed by atoms with Gasteiger partial charge in [-0.15, -0.1) is 0 Å². The number of hydrogen-bond acceptors (Lipinski definition) is 2. The van der Waals surface area contributed by atoms with E-state index in [0.29, 0.717) is 6.42 Å². The number of rotatable bonds is 1. The first kappa shape index (κ1) is 7.09. The fraction of sp³-hybridized carbons (Fsp3) is 0.300. The van der Waals surface area contributed by atoms with Gasteiger partial charge in [0.2, 0.25) is 5.91 Å². The predicted molar refractivity (Wildman–Crippen MR) is 47.5 cm³/mol. The van der Waals surface area contributed by atoms with Crippen molar-refractivity contribution in [3.8, 4) is 0 Å². The Kier molecular flexibility index (Phi) is 1.27. The summed E-state index contributed by atoms with van der Waals surface area (Å²) in [6.07, 6.45) is 0.789. The number of hydrogen-bond donors (Lipinski definition) is 1. The lowest BCUT2D eigenvalue weighted by Gasteiger charge is -2.00. The van der Waals surface area contributed by atoms with Crippen molar-refractivity contribution in [2.75, 3.05) is 11.9 Å². The first-order chi connectivity index (χ1) is 6.33. The molecule has 0 spiro atoms. The van der Waals surface area contributed by atoms with E-state index in [1.807, 2.05) is 12.1 Å². The van der Waals surface area contributed by atoms with Gasteiger partial charge in [0.15, 0.2) is 0 Å². The molecule has 1 atom stereocenters. The van der Waals surface area contributed by atoms with Crippen LogP contribution in [0.3, 0.4) is 0 Å². The number of benzene rings is 1. The van der Waals surface area contributed by atoms with E-state index in [1.165, 1.54) is 5.56 Å². The first-order valence-electron chi connectivity index (χ1n) is 4.37. The molecule has 2 heterocycles. The highest BCUT2D eigenvalue weighted by Crippen LogP contribution is 2.33. The molecule has 2 aliphatic heterocycles. The Bertz CT molecular complexity index is 383. The van der Waals surface area contributed by atoms with Crippen molar-refractivity contribution in [2.45, 2.75) is 12.5 Å². The van der Waals surface area contributed by atoms with Crippen LogP contribution in [-0.4, -0.2) is 12.5 Å². The zero-order chi connectivity index (χ0) is 8.84. The molecule has 1 saturated heterocycles. The number of anilines is 1. The SMILES string of the molecule is O=C1Cc2cc(C3CO3)ccc2N1. The molecule has 1 aromatic rings. The van der Waals surface area contributed by atoms with E-state index in [9.17, 15) is 4.79 Å². The molecule has 0 aromatic heterocycles. The fourth-order valence-corrected chi connectivity index (χ4v) is 1.69. The summed E-state index contributed by atoms with van der Waals surface area (Å²) in [6, 6.07) is 6.03. The maximum absolute atomic E-state index is 11.1. The van der Waals surface area contributed by atoms with Crippen molar-refractivity contribution in [3.05, 3.63) is 29.3 Å². The summed E-state index contributed by atoms with van der Waals surface area (Å²) >= 11 is 0. The van der Waals surface area contributed by atoms with Crippen molar-refractivity contribution in [2.24, 2.45) is 0 Å². The minimum atomic E-state index is 0.0869. The summed E-state index contributed by atoms with van der Waals surface area (Å²) in [6.45, 7) is 0.820. The number of fused-ring (bicyclic) bond motifs is 1. The Morgan fingerprint density at radius 1 is 1.46 bits per heavy atom. The number of ether oxygens (including phenoxy) is 1. The van der Waals surface area contributed by atoms with E-state index in [0.717, 1.165) is 17.9 Å². The fourth-order valence-electron chi connectivity index (χ4n) is 1.69. The molecule has 1 fully saturated rings. The second kappa shape index (κ2) is 2.33. The van der Waals surface area contributed by atoms with Crippen LogP contribution in [0.1, 0.15) is 17.2 Å². The van der Waals surface area contributed by atoms with Crippen LogP contribution in [0.2, 0.25) is 0 Å². The third kappa shape index (κ3) is 1.12. The zero-order valence-corrected chi connectivity index (χ0v) is 7.04. The molecular weight excluding hydrogens is 166 g/mol. The van der Waals surface area contributed by atoms with E-state index in [1.54, 1.807) is 0 Å². The molecule has 0 radical (unpaired) electrons. The van der Waals surface area contributed by atoms with Gasteiger partial charge >= 0.3 is 0 Å². The second-order valence-electron chi connectivity index (χ2n) is 3.46. The van der Waals surface area contributed by atoms with Gasteiger partial charge in [0.1, 0.15) is 6.10 Å². The standard InChI is InChI=1S/C10H9NO2/c12-10-4-7-3-6(9-5-13-9)1-2-8(7)11-10/h1-3,9H,4-5H2,(H,11,12). The number of carbonyl (C=O) groups excluding carboxylic acids is 1. The van der Waals surface area contributed by atoms with Crippen LogP contribution in [0, 0.1) is 0 Å². The van der Waals surface area contributed by atoms with Gasteiger partial charge in [0, 0.05) is 5.69 Å². The van der Waals surface area contributed by atoms with Gasteiger partial charge in [-0.25, -0.2) is 0 Å². The van der Waals surface area contributed by atoms with E-state index in [-0.39, 0.29) is 12.0 Å². The van der Waals surface area contributed by atoms with Crippen molar-refractivity contribution in [1.29, 1.82) is 0 Å². The van der Waals surface area contributed by atoms with Crippen LogP contribution in [0.5, 0.6) is 0 Å². The van der Waals surface area contributed by atoms with E-state index in [4.69, 9.17) is 4.74 Å². The molecule has 1 amide bonds. The summed E-state index contributed by atoms with van der Waals surface area (Å²) in [5, 5.41) is 2.80. The minimum Gasteiger partial charge on any atom is -0.368 e. The molecule has 2 aliphatic rings. The Morgan fingerprint density at radius 3 is 3.08 bits per heavy atom. The number of amides is 1. The van der Waals surface area contributed by atoms with E-state index >= 15 is 0 Å². The lowest BCUT2D eigenvalue weighted by molar-refractivity contribution is -0.115. The molecule has 66 valence electrons. The molecule has 13 heavy (non-hydrogen) atoms. The minimum absolute atomic E-state index is 0.0869. The smallest absolute Gasteiger partial charge is 0.228 e. The Morgan fingerprint density at radius 2 is 2.31 bits per heavy atom. The lowest BCUT2D eigenvalue weighted by atomic mass is 10.1. The zero-order valence-electron chi connectivity index (χ0n) is 7.04. The van der Waals surface area contributed by atoms with Gasteiger partial charge in [0.05, 0.1) is 13.0 Å². The van der Waals surface area contributed by atoms with Crippen LogP contribution >= 0.6 is 0 Å². The number of carbonyl (C=O) groups is 1. The highest BCUT2D eigenvalue weighted by molar-refractivity contribution is 5.99. The summed E-state index contributed by atoms with van der Waals surface area (Å²) in [7, 11) is 0. The highest BCUT2D eigenvalue weighted by Gasteiger charge is 2.27. The first-order valence-corrected chi connectivity index (χ1v) is 4.37. The van der Waals surface area contributed by atoms with Crippen LogP contribution in [0.15, 0.2) is 18.2 Å². The average Bonchev–Trinajstić information content (AvgIpc) is 2.87.